The molecule has 0 bridgehead atoms. The molecular weight excluding hydrogens is 384 g/mol. The predicted octanol–water partition coefficient (Wildman–Crippen LogP) is 3.02. The standard InChI is InChI=1S/C23H28N2O5/c1-17(26)25(18-8-9-21-23(14-18)28-13-5-12-27-21)11-4-10-24-15-19-16-29-20-6-2-3-7-22(20)30-19/h2-3,6-9,14,19,24H,4-5,10-13,15-16H2,1H3. The summed E-state index contributed by atoms with van der Waals surface area (Å²) in [6.45, 7) is 5.47. The summed E-state index contributed by atoms with van der Waals surface area (Å²) in [6.07, 6.45) is 1.65. The van der Waals surface area contributed by atoms with Crippen LogP contribution in [-0.2, 0) is 4.79 Å². The third kappa shape index (κ3) is 4.97. The van der Waals surface area contributed by atoms with Gasteiger partial charge in [0.25, 0.3) is 0 Å². The van der Waals surface area contributed by atoms with E-state index in [-0.39, 0.29) is 12.0 Å². The molecule has 0 aliphatic carbocycles. The van der Waals surface area contributed by atoms with Gasteiger partial charge in [-0.05, 0) is 37.2 Å². The first-order chi connectivity index (χ1) is 14.7. The highest BCUT2D eigenvalue weighted by Crippen LogP contribution is 2.34. The highest BCUT2D eigenvalue weighted by atomic mass is 16.6. The third-order valence-corrected chi connectivity index (χ3v) is 5.10. The van der Waals surface area contributed by atoms with Crippen molar-refractivity contribution in [1.29, 1.82) is 0 Å². The molecule has 2 aromatic rings. The molecule has 1 N–H and O–H groups in total. The van der Waals surface area contributed by atoms with Crippen molar-refractivity contribution >= 4 is 11.6 Å². The molecule has 1 amide bonds. The number of para-hydroxylation sites is 2. The van der Waals surface area contributed by atoms with Crippen LogP contribution in [0.5, 0.6) is 23.0 Å². The SMILES string of the molecule is CC(=O)N(CCCNCC1COc2ccccc2O1)c1ccc2c(c1)OCCCO2. The second kappa shape index (κ2) is 9.71. The largest absolute Gasteiger partial charge is 0.490 e. The smallest absolute Gasteiger partial charge is 0.223 e. The van der Waals surface area contributed by atoms with E-state index in [1.165, 1.54) is 0 Å². The van der Waals surface area contributed by atoms with Crippen LogP contribution < -0.4 is 29.2 Å². The van der Waals surface area contributed by atoms with Crippen molar-refractivity contribution in [3.05, 3.63) is 42.5 Å². The van der Waals surface area contributed by atoms with E-state index >= 15 is 0 Å². The molecule has 0 fully saturated rings. The average molecular weight is 412 g/mol. The lowest BCUT2D eigenvalue weighted by atomic mass is 10.2. The minimum Gasteiger partial charge on any atom is -0.490 e. The minimum atomic E-state index is -0.0226. The summed E-state index contributed by atoms with van der Waals surface area (Å²) < 4.78 is 23.1. The molecule has 2 aliphatic heterocycles. The number of rotatable bonds is 7. The Morgan fingerprint density at radius 2 is 1.80 bits per heavy atom. The maximum Gasteiger partial charge on any atom is 0.223 e. The Hall–Kier alpha value is -2.93. The zero-order chi connectivity index (χ0) is 20.8. The van der Waals surface area contributed by atoms with Gasteiger partial charge in [0.05, 0.1) is 13.2 Å². The quantitative estimate of drug-likeness (QED) is 0.705. The van der Waals surface area contributed by atoms with Crippen molar-refractivity contribution in [2.24, 2.45) is 0 Å². The fraction of sp³-hybridized carbons (Fsp3) is 0.435. The van der Waals surface area contributed by atoms with Crippen LogP contribution in [0.3, 0.4) is 0 Å². The Balaban J connectivity index is 1.25. The molecule has 1 atom stereocenters. The lowest BCUT2D eigenvalue weighted by Gasteiger charge is -2.27. The summed E-state index contributed by atoms with van der Waals surface area (Å²) in [6, 6.07) is 13.4. The van der Waals surface area contributed by atoms with Gasteiger partial charge in [0.2, 0.25) is 5.91 Å². The van der Waals surface area contributed by atoms with E-state index in [9.17, 15) is 4.79 Å². The maximum absolute atomic E-state index is 12.2. The fourth-order valence-corrected chi connectivity index (χ4v) is 3.58. The molecule has 160 valence electrons. The maximum atomic E-state index is 12.2. The summed E-state index contributed by atoms with van der Waals surface area (Å²) in [5, 5.41) is 3.40. The molecule has 0 saturated carbocycles. The first-order valence-corrected chi connectivity index (χ1v) is 10.5. The van der Waals surface area contributed by atoms with E-state index in [1.54, 1.807) is 11.8 Å². The third-order valence-electron chi connectivity index (χ3n) is 5.10. The number of hydrogen-bond acceptors (Lipinski definition) is 6. The van der Waals surface area contributed by atoms with Crippen molar-refractivity contribution < 1.29 is 23.7 Å². The van der Waals surface area contributed by atoms with Gasteiger partial charge in [0.15, 0.2) is 23.0 Å². The number of hydrogen-bond donors (Lipinski definition) is 1. The lowest BCUT2D eigenvalue weighted by molar-refractivity contribution is -0.116. The summed E-state index contributed by atoms with van der Waals surface area (Å²) in [7, 11) is 0. The van der Waals surface area contributed by atoms with E-state index in [0.717, 1.165) is 42.3 Å². The van der Waals surface area contributed by atoms with Crippen molar-refractivity contribution in [1.82, 2.24) is 5.32 Å². The van der Waals surface area contributed by atoms with Gasteiger partial charge in [-0.3, -0.25) is 4.79 Å². The van der Waals surface area contributed by atoms with Crippen molar-refractivity contribution in [2.75, 3.05) is 44.4 Å². The molecule has 0 saturated heterocycles. The van der Waals surface area contributed by atoms with Crippen LogP contribution in [0.4, 0.5) is 5.69 Å². The van der Waals surface area contributed by atoms with Crippen LogP contribution in [0, 0.1) is 0 Å². The van der Waals surface area contributed by atoms with E-state index in [1.807, 2.05) is 42.5 Å². The van der Waals surface area contributed by atoms with Crippen LogP contribution in [0.1, 0.15) is 19.8 Å². The second-order valence-electron chi connectivity index (χ2n) is 7.41. The van der Waals surface area contributed by atoms with Gasteiger partial charge in [0, 0.05) is 38.2 Å². The van der Waals surface area contributed by atoms with Gasteiger partial charge < -0.3 is 29.2 Å². The number of amides is 1. The molecule has 0 aromatic heterocycles. The van der Waals surface area contributed by atoms with Gasteiger partial charge in [-0.25, -0.2) is 0 Å². The van der Waals surface area contributed by atoms with Crippen molar-refractivity contribution in [3.63, 3.8) is 0 Å². The highest BCUT2D eigenvalue weighted by molar-refractivity contribution is 5.91. The number of ether oxygens (including phenoxy) is 4. The zero-order valence-corrected chi connectivity index (χ0v) is 17.3. The molecule has 2 aromatic carbocycles. The number of benzene rings is 2. The lowest BCUT2D eigenvalue weighted by Crippen LogP contribution is -2.39. The first kappa shape index (κ1) is 20.3. The number of nitrogens with one attached hydrogen (secondary N) is 1. The van der Waals surface area contributed by atoms with Crippen molar-refractivity contribution in [2.45, 2.75) is 25.9 Å². The molecule has 1 unspecified atom stereocenters. The molecule has 2 heterocycles. The van der Waals surface area contributed by atoms with Crippen LogP contribution >= 0.6 is 0 Å². The number of anilines is 1. The number of nitrogens with zero attached hydrogens (tertiary/aromatic N) is 1. The molecule has 0 spiro atoms. The van der Waals surface area contributed by atoms with Crippen LogP contribution in [0.2, 0.25) is 0 Å². The van der Waals surface area contributed by atoms with Gasteiger partial charge in [-0.2, -0.15) is 0 Å². The van der Waals surface area contributed by atoms with Gasteiger partial charge in [-0.1, -0.05) is 12.1 Å². The highest BCUT2D eigenvalue weighted by Gasteiger charge is 2.20. The van der Waals surface area contributed by atoms with E-state index < -0.39 is 0 Å². The Bertz CT molecular complexity index is 872. The van der Waals surface area contributed by atoms with Gasteiger partial charge in [-0.15, -0.1) is 0 Å². The van der Waals surface area contributed by atoms with Crippen LogP contribution in [-0.4, -0.2) is 51.5 Å². The summed E-state index contributed by atoms with van der Waals surface area (Å²) in [5.41, 5.74) is 0.826. The van der Waals surface area contributed by atoms with Gasteiger partial charge in [0.1, 0.15) is 12.7 Å². The molecular formula is C23H28N2O5. The van der Waals surface area contributed by atoms with Crippen LogP contribution in [0.25, 0.3) is 0 Å². The number of carbonyl (C=O) groups excluding carboxylic acids is 1. The Kier molecular flexibility index (Phi) is 6.59. The average Bonchev–Trinajstić information content (AvgIpc) is 3.00. The zero-order valence-electron chi connectivity index (χ0n) is 17.3. The first-order valence-electron chi connectivity index (χ1n) is 10.5. The minimum absolute atomic E-state index is 0.00473. The fourth-order valence-electron chi connectivity index (χ4n) is 3.58. The van der Waals surface area contributed by atoms with E-state index in [4.69, 9.17) is 18.9 Å². The topological polar surface area (TPSA) is 69.3 Å². The number of carbonyl (C=O) groups is 1. The molecule has 7 nitrogen and oxygen atoms in total. The predicted molar refractivity (Wildman–Crippen MR) is 114 cm³/mol. The Labute approximate surface area is 176 Å². The van der Waals surface area contributed by atoms with E-state index in [0.29, 0.717) is 38.7 Å². The molecule has 4 rings (SSSR count). The normalized spacial score (nSPS) is 17.2. The molecule has 0 radical (unpaired) electrons. The second-order valence-corrected chi connectivity index (χ2v) is 7.41. The molecule has 2 aliphatic rings. The van der Waals surface area contributed by atoms with Crippen LogP contribution in [0.15, 0.2) is 42.5 Å². The monoisotopic (exact) mass is 412 g/mol. The summed E-state index contributed by atoms with van der Waals surface area (Å²) in [5.74, 6) is 3.01. The Morgan fingerprint density at radius 3 is 2.63 bits per heavy atom. The van der Waals surface area contributed by atoms with Crippen molar-refractivity contribution in [3.8, 4) is 23.0 Å². The summed E-state index contributed by atoms with van der Waals surface area (Å²) in [4.78, 5) is 14.0. The molecule has 30 heavy (non-hydrogen) atoms. The van der Waals surface area contributed by atoms with E-state index in [2.05, 4.69) is 5.32 Å². The Morgan fingerprint density at radius 1 is 1.03 bits per heavy atom. The van der Waals surface area contributed by atoms with Gasteiger partial charge >= 0.3 is 0 Å². The summed E-state index contributed by atoms with van der Waals surface area (Å²) >= 11 is 0. The number of fused-ring (bicyclic) bond motifs is 2. The molecule has 7 heteroatoms.